The molecule has 0 radical (unpaired) electrons. The van der Waals surface area contributed by atoms with Crippen LogP contribution in [0.25, 0.3) is 11.3 Å². The van der Waals surface area contributed by atoms with Gasteiger partial charge >= 0.3 is 0 Å². The summed E-state index contributed by atoms with van der Waals surface area (Å²) in [6.07, 6.45) is -0.125. The van der Waals surface area contributed by atoms with Gasteiger partial charge in [-0.3, -0.25) is 9.48 Å². The summed E-state index contributed by atoms with van der Waals surface area (Å²) in [6.45, 7) is 6.22. The van der Waals surface area contributed by atoms with Crippen molar-refractivity contribution in [3.05, 3.63) is 35.5 Å². The van der Waals surface area contributed by atoms with Crippen LogP contribution in [0.2, 0.25) is 0 Å². The minimum absolute atomic E-state index is 0.125. The quantitative estimate of drug-likeness (QED) is 0.786. The Labute approximate surface area is 134 Å². The van der Waals surface area contributed by atoms with Gasteiger partial charge in [0.05, 0.1) is 17.3 Å². The monoisotopic (exact) mass is 311 g/mol. The number of nitriles is 1. The van der Waals surface area contributed by atoms with Crippen molar-refractivity contribution in [2.75, 3.05) is 0 Å². The molecular formula is C17H17N3OS. The zero-order valence-corrected chi connectivity index (χ0v) is 13.7. The lowest BCUT2D eigenvalue weighted by atomic mass is 10.0. The Kier molecular flexibility index (Phi) is 3.57. The van der Waals surface area contributed by atoms with Crippen molar-refractivity contribution in [2.24, 2.45) is 0 Å². The lowest BCUT2D eigenvalue weighted by Crippen LogP contribution is -2.24. The summed E-state index contributed by atoms with van der Waals surface area (Å²) >= 11 is 1.72. The second-order valence-electron chi connectivity index (χ2n) is 6.30. The van der Waals surface area contributed by atoms with Gasteiger partial charge in [-0.15, -0.1) is 11.8 Å². The molecule has 2 heterocycles. The van der Waals surface area contributed by atoms with Gasteiger partial charge in [-0.05, 0) is 26.8 Å². The molecule has 0 bridgehead atoms. The molecule has 1 aliphatic rings. The molecule has 0 saturated carbocycles. The van der Waals surface area contributed by atoms with E-state index in [1.165, 1.54) is 4.90 Å². The highest BCUT2D eigenvalue weighted by Crippen LogP contribution is 2.44. The molecule has 0 unspecified atom stereocenters. The Bertz CT molecular complexity index is 793. The number of thioether (sulfide) groups is 1. The second kappa shape index (κ2) is 5.29. The number of ketones is 1. The van der Waals surface area contributed by atoms with E-state index in [1.807, 2.05) is 22.9 Å². The van der Waals surface area contributed by atoms with Crippen molar-refractivity contribution >= 4 is 17.5 Å². The third-order valence-corrected chi connectivity index (χ3v) is 4.74. The number of fused-ring (bicyclic) bond motifs is 3. The molecule has 22 heavy (non-hydrogen) atoms. The molecule has 4 nitrogen and oxygen atoms in total. The standard InChI is InChI=1S/C17H17N3OS/c1-17(2,3)20-16-11-6-4-5-7-14(11)22-10-12(16)15(19-20)13(21)8-9-18/h4-7H,8,10H2,1-3H3. The lowest BCUT2D eigenvalue weighted by molar-refractivity contribution is 0.0991. The van der Waals surface area contributed by atoms with Crippen LogP contribution >= 0.6 is 11.8 Å². The van der Waals surface area contributed by atoms with Gasteiger partial charge in [-0.25, -0.2) is 0 Å². The largest absolute Gasteiger partial charge is 0.291 e. The Hall–Kier alpha value is -2.06. The van der Waals surface area contributed by atoms with Gasteiger partial charge in [-0.2, -0.15) is 10.4 Å². The van der Waals surface area contributed by atoms with Crippen LogP contribution in [0.5, 0.6) is 0 Å². The highest BCUT2D eigenvalue weighted by Gasteiger charge is 2.31. The van der Waals surface area contributed by atoms with Gasteiger partial charge in [-0.1, -0.05) is 18.2 Å². The number of Topliss-reactive ketones (excluding diaryl/α,β-unsaturated/α-hetero) is 1. The van der Waals surface area contributed by atoms with E-state index < -0.39 is 0 Å². The zero-order valence-electron chi connectivity index (χ0n) is 12.9. The van der Waals surface area contributed by atoms with E-state index in [9.17, 15) is 4.79 Å². The van der Waals surface area contributed by atoms with Crippen LogP contribution in [0.4, 0.5) is 0 Å². The fourth-order valence-corrected chi connectivity index (χ4v) is 3.74. The number of hydrogen-bond acceptors (Lipinski definition) is 4. The Morgan fingerprint density at radius 3 is 2.82 bits per heavy atom. The van der Waals surface area contributed by atoms with E-state index in [-0.39, 0.29) is 17.7 Å². The summed E-state index contributed by atoms with van der Waals surface area (Å²) < 4.78 is 1.94. The first kappa shape index (κ1) is 14.9. The Morgan fingerprint density at radius 1 is 1.41 bits per heavy atom. The van der Waals surface area contributed by atoms with Gasteiger partial charge < -0.3 is 0 Å². The molecule has 1 aromatic heterocycles. The molecule has 112 valence electrons. The van der Waals surface area contributed by atoms with Gasteiger partial charge in [0.1, 0.15) is 12.1 Å². The van der Waals surface area contributed by atoms with Crippen molar-refractivity contribution in [3.63, 3.8) is 0 Å². The molecular weight excluding hydrogens is 294 g/mol. The van der Waals surface area contributed by atoms with Crippen LogP contribution in [0.15, 0.2) is 29.2 Å². The normalized spacial score (nSPS) is 13.2. The molecule has 0 spiro atoms. The number of hydrogen-bond donors (Lipinski definition) is 0. The summed E-state index contributed by atoms with van der Waals surface area (Å²) in [6, 6.07) is 10.1. The molecule has 0 fully saturated rings. The Balaban J connectivity index is 2.27. The Morgan fingerprint density at radius 2 is 2.14 bits per heavy atom. The maximum atomic E-state index is 12.3. The van der Waals surface area contributed by atoms with Crippen LogP contribution < -0.4 is 0 Å². The number of benzene rings is 1. The molecule has 0 atom stereocenters. The molecule has 0 N–H and O–H groups in total. The van der Waals surface area contributed by atoms with E-state index in [0.29, 0.717) is 5.69 Å². The topological polar surface area (TPSA) is 58.7 Å². The average molecular weight is 311 g/mol. The number of carbonyl (C=O) groups is 1. The molecule has 3 rings (SSSR count). The molecule has 5 heteroatoms. The first-order valence-corrected chi connectivity index (χ1v) is 8.16. The summed E-state index contributed by atoms with van der Waals surface area (Å²) in [7, 11) is 0. The molecule has 0 aliphatic carbocycles. The van der Waals surface area contributed by atoms with Gasteiger partial charge in [0.15, 0.2) is 5.78 Å². The molecule has 1 aromatic carbocycles. The highest BCUT2D eigenvalue weighted by molar-refractivity contribution is 7.98. The SMILES string of the molecule is CC(C)(C)n1nc(C(=O)CC#N)c2c1-c1ccccc1SC2. The van der Waals surface area contributed by atoms with E-state index in [2.05, 4.69) is 38.0 Å². The number of nitrogens with zero attached hydrogens (tertiary/aromatic N) is 3. The van der Waals surface area contributed by atoms with Crippen LogP contribution in [0.1, 0.15) is 43.2 Å². The number of rotatable bonds is 2. The van der Waals surface area contributed by atoms with Gasteiger partial charge in [0.2, 0.25) is 0 Å². The molecule has 2 aromatic rings. The fourth-order valence-electron chi connectivity index (χ4n) is 2.67. The predicted octanol–water partition coefficient (Wildman–Crippen LogP) is 4.01. The summed E-state index contributed by atoms with van der Waals surface area (Å²) in [5.74, 6) is 0.524. The van der Waals surface area contributed by atoms with Gasteiger partial charge in [0.25, 0.3) is 0 Å². The maximum absolute atomic E-state index is 12.3. The summed E-state index contributed by atoms with van der Waals surface area (Å²) in [4.78, 5) is 13.5. The first-order valence-electron chi connectivity index (χ1n) is 7.18. The van der Waals surface area contributed by atoms with Crippen molar-refractivity contribution < 1.29 is 4.79 Å². The fraction of sp³-hybridized carbons (Fsp3) is 0.353. The lowest BCUT2D eigenvalue weighted by Gasteiger charge is -2.25. The smallest absolute Gasteiger partial charge is 0.197 e. The van der Waals surface area contributed by atoms with Crippen molar-refractivity contribution in [1.29, 1.82) is 5.26 Å². The number of aromatic nitrogens is 2. The highest BCUT2D eigenvalue weighted by atomic mass is 32.2. The molecule has 1 aliphatic heterocycles. The van der Waals surface area contributed by atoms with Crippen LogP contribution in [-0.4, -0.2) is 15.6 Å². The van der Waals surface area contributed by atoms with Crippen LogP contribution in [0.3, 0.4) is 0 Å². The summed E-state index contributed by atoms with van der Waals surface area (Å²) in [5, 5.41) is 13.4. The maximum Gasteiger partial charge on any atom is 0.197 e. The van der Waals surface area contributed by atoms with E-state index in [0.717, 1.165) is 22.6 Å². The summed E-state index contributed by atoms with van der Waals surface area (Å²) in [5.41, 5.74) is 3.31. The van der Waals surface area contributed by atoms with Crippen molar-refractivity contribution in [3.8, 4) is 17.3 Å². The third kappa shape index (κ3) is 2.34. The van der Waals surface area contributed by atoms with Crippen LogP contribution in [-0.2, 0) is 11.3 Å². The minimum atomic E-state index is -0.232. The van der Waals surface area contributed by atoms with E-state index in [4.69, 9.17) is 5.26 Å². The number of carbonyl (C=O) groups excluding carboxylic acids is 1. The third-order valence-electron chi connectivity index (χ3n) is 3.64. The van der Waals surface area contributed by atoms with Crippen LogP contribution in [0, 0.1) is 11.3 Å². The minimum Gasteiger partial charge on any atom is -0.291 e. The van der Waals surface area contributed by atoms with Gasteiger partial charge in [0, 0.05) is 21.8 Å². The van der Waals surface area contributed by atoms with Crippen molar-refractivity contribution in [1.82, 2.24) is 9.78 Å². The molecule has 0 amide bonds. The molecule has 0 saturated heterocycles. The van der Waals surface area contributed by atoms with E-state index >= 15 is 0 Å². The predicted molar refractivity (Wildman–Crippen MR) is 86.8 cm³/mol. The van der Waals surface area contributed by atoms with E-state index in [1.54, 1.807) is 11.8 Å². The zero-order chi connectivity index (χ0) is 15.9. The van der Waals surface area contributed by atoms with Crippen molar-refractivity contribution in [2.45, 2.75) is 43.4 Å². The second-order valence-corrected chi connectivity index (χ2v) is 7.32. The average Bonchev–Trinajstić information content (AvgIpc) is 2.87. The first-order chi connectivity index (χ1) is 10.4.